The van der Waals surface area contributed by atoms with Crippen molar-refractivity contribution in [2.45, 2.75) is 13.0 Å². The minimum Gasteiger partial charge on any atom is -0.383 e. The van der Waals surface area contributed by atoms with E-state index in [1.165, 1.54) is 0 Å². The molecule has 3 nitrogen and oxygen atoms in total. The van der Waals surface area contributed by atoms with Crippen LogP contribution in [-0.2, 0) is 4.79 Å². The SMILES string of the molecule is C=C[C@@H](C)[C@@H](O)C(=O)Nc1ccccc1. The van der Waals surface area contributed by atoms with Crippen LogP contribution in [-0.4, -0.2) is 17.1 Å². The first-order valence-electron chi connectivity index (χ1n) is 4.81. The topological polar surface area (TPSA) is 49.3 Å². The molecule has 0 radical (unpaired) electrons. The maximum atomic E-state index is 11.5. The smallest absolute Gasteiger partial charge is 0.253 e. The third-order valence-corrected chi connectivity index (χ3v) is 2.18. The van der Waals surface area contributed by atoms with Crippen molar-refractivity contribution in [1.82, 2.24) is 0 Å². The highest BCUT2D eigenvalue weighted by Gasteiger charge is 2.19. The van der Waals surface area contributed by atoms with Gasteiger partial charge in [0.15, 0.2) is 0 Å². The molecule has 0 aliphatic heterocycles. The zero-order chi connectivity index (χ0) is 11.3. The number of para-hydroxylation sites is 1. The lowest BCUT2D eigenvalue weighted by molar-refractivity contribution is -0.125. The number of carbonyl (C=O) groups excluding carboxylic acids is 1. The fourth-order valence-electron chi connectivity index (χ4n) is 1.11. The van der Waals surface area contributed by atoms with E-state index in [1.807, 2.05) is 18.2 Å². The van der Waals surface area contributed by atoms with E-state index in [1.54, 1.807) is 25.1 Å². The number of amides is 1. The summed E-state index contributed by atoms with van der Waals surface area (Å²) in [5.74, 6) is -0.665. The van der Waals surface area contributed by atoms with Crippen LogP contribution in [0.5, 0.6) is 0 Å². The second kappa shape index (κ2) is 5.32. The van der Waals surface area contributed by atoms with Gasteiger partial charge in [0.25, 0.3) is 5.91 Å². The highest BCUT2D eigenvalue weighted by molar-refractivity contribution is 5.94. The number of aliphatic hydroxyl groups excluding tert-OH is 1. The van der Waals surface area contributed by atoms with Gasteiger partial charge in [-0.1, -0.05) is 31.2 Å². The Morgan fingerprint density at radius 3 is 2.60 bits per heavy atom. The molecule has 0 aliphatic rings. The second-order valence-corrected chi connectivity index (χ2v) is 3.39. The Morgan fingerprint density at radius 1 is 1.47 bits per heavy atom. The number of carbonyl (C=O) groups is 1. The van der Waals surface area contributed by atoms with Gasteiger partial charge in [0, 0.05) is 11.6 Å². The molecule has 1 rings (SSSR count). The summed E-state index contributed by atoms with van der Waals surface area (Å²) in [6.45, 7) is 5.27. The quantitative estimate of drug-likeness (QED) is 0.736. The minimum atomic E-state index is -1.05. The predicted octanol–water partition coefficient (Wildman–Crippen LogP) is 1.81. The highest BCUT2D eigenvalue weighted by Crippen LogP contribution is 2.09. The molecule has 1 aromatic carbocycles. The maximum absolute atomic E-state index is 11.5. The van der Waals surface area contributed by atoms with Crippen LogP contribution in [0.1, 0.15) is 6.92 Å². The first-order chi connectivity index (χ1) is 7.15. The van der Waals surface area contributed by atoms with E-state index >= 15 is 0 Å². The van der Waals surface area contributed by atoms with E-state index in [4.69, 9.17) is 0 Å². The molecule has 1 amide bonds. The van der Waals surface area contributed by atoms with E-state index in [9.17, 15) is 9.90 Å². The van der Waals surface area contributed by atoms with Gasteiger partial charge in [0.05, 0.1) is 0 Å². The fourth-order valence-corrected chi connectivity index (χ4v) is 1.11. The van der Waals surface area contributed by atoms with Crippen molar-refractivity contribution < 1.29 is 9.90 Å². The number of nitrogens with one attached hydrogen (secondary N) is 1. The Morgan fingerprint density at radius 2 is 2.07 bits per heavy atom. The maximum Gasteiger partial charge on any atom is 0.253 e. The van der Waals surface area contributed by atoms with Crippen molar-refractivity contribution in [3.05, 3.63) is 43.0 Å². The molecule has 15 heavy (non-hydrogen) atoms. The summed E-state index contributed by atoms with van der Waals surface area (Å²) in [6, 6.07) is 9.03. The van der Waals surface area contributed by atoms with E-state index < -0.39 is 12.0 Å². The van der Waals surface area contributed by atoms with Gasteiger partial charge >= 0.3 is 0 Å². The number of rotatable bonds is 4. The Kier molecular flexibility index (Phi) is 4.06. The number of hydrogen-bond acceptors (Lipinski definition) is 2. The molecular weight excluding hydrogens is 190 g/mol. The lowest BCUT2D eigenvalue weighted by Gasteiger charge is -2.14. The van der Waals surface area contributed by atoms with Gasteiger partial charge in [-0.25, -0.2) is 0 Å². The molecule has 0 aliphatic carbocycles. The van der Waals surface area contributed by atoms with Gasteiger partial charge in [0.2, 0.25) is 0 Å². The van der Waals surface area contributed by atoms with Crippen LogP contribution >= 0.6 is 0 Å². The molecule has 0 fully saturated rings. The number of benzene rings is 1. The summed E-state index contributed by atoms with van der Waals surface area (Å²) < 4.78 is 0. The summed E-state index contributed by atoms with van der Waals surface area (Å²) in [4.78, 5) is 11.5. The molecule has 0 spiro atoms. The monoisotopic (exact) mass is 205 g/mol. The van der Waals surface area contributed by atoms with Crippen LogP contribution in [0.4, 0.5) is 5.69 Å². The van der Waals surface area contributed by atoms with Crippen molar-refractivity contribution in [2.24, 2.45) is 5.92 Å². The van der Waals surface area contributed by atoms with Gasteiger partial charge in [-0.2, -0.15) is 0 Å². The average molecular weight is 205 g/mol. The number of aliphatic hydroxyl groups is 1. The predicted molar refractivity (Wildman–Crippen MR) is 60.4 cm³/mol. The van der Waals surface area contributed by atoms with Crippen LogP contribution in [0.2, 0.25) is 0 Å². The Labute approximate surface area is 89.4 Å². The molecule has 3 heteroatoms. The largest absolute Gasteiger partial charge is 0.383 e. The average Bonchev–Trinajstić information content (AvgIpc) is 2.28. The van der Waals surface area contributed by atoms with Gasteiger partial charge in [-0.3, -0.25) is 4.79 Å². The summed E-state index contributed by atoms with van der Waals surface area (Å²) >= 11 is 0. The van der Waals surface area contributed by atoms with Crippen LogP contribution < -0.4 is 5.32 Å². The molecule has 80 valence electrons. The summed E-state index contributed by atoms with van der Waals surface area (Å²) in [5, 5.41) is 12.2. The first-order valence-corrected chi connectivity index (χ1v) is 4.81. The van der Waals surface area contributed by atoms with Crippen molar-refractivity contribution in [2.75, 3.05) is 5.32 Å². The minimum absolute atomic E-state index is 0.256. The summed E-state index contributed by atoms with van der Waals surface area (Å²) in [6.07, 6.45) is 0.498. The zero-order valence-corrected chi connectivity index (χ0v) is 8.68. The van der Waals surface area contributed by atoms with E-state index in [2.05, 4.69) is 11.9 Å². The molecule has 2 N–H and O–H groups in total. The molecule has 2 atom stereocenters. The summed E-state index contributed by atoms with van der Waals surface area (Å²) in [5.41, 5.74) is 0.679. The molecule has 0 bridgehead atoms. The third-order valence-electron chi connectivity index (χ3n) is 2.18. The lowest BCUT2D eigenvalue weighted by atomic mass is 10.0. The molecule has 0 saturated heterocycles. The number of anilines is 1. The zero-order valence-electron chi connectivity index (χ0n) is 8.68. The molecule has 0 heterocycles. The number of hydrogen-bond donors (Lipinski definition) is 2. The van der Waals surface area contributed by atoms with Gasteiger partial charge in [-0.05, 0) is 12.1 Å². The highest BCUT2D eigenvalue weighted by atomic mass is 16.3. The Bertz CT molecular complexity index is 335. The molecule has 0 saturated carbocycles. The molecule has 0 unspecified atom stereocenters. The third kappa shape index (κ3) is 3.22. The van der Waals surface area contributed by atoms with Crippen LogP contribution in [0.3, 0.4) is 0 Å². The van der Waals surface area contributed by atoms with Gasteiger partial charge < -0.3 is 10.4 Å². The van der Waals surface area contributed by atoms with E-state index in [-0.39, 0.29) is 5.92 Å². The standard InChI is InChI=1S/C12H15NO2/c1-3-9(2)11(14)12(15)13-10-7-5-4-6-8-10/h3-9,11,14H,1H2,2H3,(H,13,15)/t9-,11-/m1/s1. The Hall–Kier alpha value is -1.61. The van der Waals surface area contributed by atoms with Crippen LogP contribution in [0, 0.1) is 5.92 Å². The van der Waals surface area contributed by atoms with E-state index in [0.29, 0.717) is 5.69 Å². The van der Waals surface area contributed by atoms with Gasteiger partial charge in [0.1, 0.15) is 6.10 Å². The van der Waals surface area contributed by atoms with Crippen molar-refractivity contribution in [3.63, 3.8) is 0 Å². The Balaban J connectivity index is 2.60. The molecular formula is C12H15NO2. The lowest BCUT2D eigenvalue weighted by Crippen LogP contribution is -2.32. The first kappa shape index (κ1) is 11.5. The molecule has 0 aromatic heterocycles. The summed E-state index contributed by atoms with van der Waals surface area (Å²) in [7, 11) is 0. The van der Waals surface area contributed by atoms with Crippen LogP contribution in [0.15, 0.2) is 43.0 Å². The van der Waals surface area contributed by atoms with Gasteiger partial charge in [-0.15, -0.1) is 6.58 Å². The van der Waals surface area contributed by atoms with E-state index in [0.717, 1.165) is 0 Å². The van der Waals surface area contributed by atoms with Crippen LogP contribution in [0.25, 0.3) is 0 Å². The second-order valence-electron chi connectivity index (χ2n) is 3.39. The van der Waals surface area contributed by atoms with Crippen molar-refractivity contribution >= 4 is 11.6 Å². The fraction of sp³-hybridized carbons (Fsp3) is 0.250. The molecule has 1 aromatic rings. The van der Waals surface area contributed by atoms with Crippen molar-refractivity contribution in [3.8, 4) is 0 Å². The normalized spacial score (nSPS) is 14.0. The van der Waals surface area contributed by atoms with Crippen molar-refractivity contribution in [1.29, 1.82) is 0 Å².